The van der Waals surface area contributed by atoms with E-state index in [9.17, 15) is 31.2 Å². The molecule has 1 rings (SSSR count). The summed E-state index contributed by atoms with van der Waals surface area (Å²) >= 11 is 0. The van der Waals surface area contributed by atoms with Gasteiger partial charge in [0.2, 0.25) is 0 Å². The molecule has 1 aromatic carbocycles. The Kier molecular flexibility index (Phi) is 5.41. The Morgan fingerprint density at radius 1 is 1.26 bits per heavy atom. The normalized spacial score (nSPS) is 11.9. The number of sulfone groups is 1. The van der Waals surface area contributed by atoms with E-state index in [0.29, 0.717) is 6.26 Å². The molecule has 128 valence electrons. The first-order valence-corrected chi connectivity index (χ1v) is 8.03. The van der Waals surface area contributed by atoms with Gasteiger partial charge in [0.25, 0.3) is 0 Å². The maximum Gasteiger partial charge on any atom is 0.382 e. The highest BCUT2D eigenvalue weighted by Crippen LogP contribution is 2.36. The smallest absolute Gasteiger partial charge is 0.382 e. The lowest BCUT2D eigenvalue weighted by atomic mass is 10.0. The zero-order chi connectivity index (χ0) is 18.0. The van der Waals surface area contributed by atoms with Crippen molar-refractivity contribution in [2.24, 2.45) is 0 Å². The summed E-state index contributed by atoms with van der Waals surface area (Å²) in [5.74, 6) is -9.10. The van der Waals surface area contributed by atoms with E-state index in [1.165, 1.54) is 6.92 Å². The number of hydrogen-bond donors (Lipinski definition) is 0. The predicted molar refractivity (Wildman–Crippen MR) is 71.4 cm³/mol. The summed E-state index contributed by atoms with van der Waals surface area (Å²) in [7, 11) is -3.43. The summed E-state index contributed by atoms with van der Waals surface area (Å²) in [6.07, 6.45) is 0.560. The number of carbonyl (C=O) groups is 2. The SMILES string of the molecule is CCOC(=O)C(F)(F)c1cc(C(=O)OC)c(F)cc1S(C)(=O)=O. The molecule has 0 aliphatic heterocycles. The number of alkyl halides is 2. The average Bonchev–Trinajstić information content (AvgIpc) is 2.45. The largest absolute Gasteiger partial charge is 0.465 e. The fourth-order valence-corrected chi connectivity index (χ4v) is 2.61. The molecule has 0 saturated heterocycles. The van der Waals surface area contributed by atoms with Crippen LogP contribution in [-0.2, 0) is 30.0 Å². The first-order valence-electron chi connectivity index (χ1n) is 6.14. The van der Waals surface area contributed by atoms with Gasteiger partial charge in [-0.25, -0.2) is 22.4 Å². The van der Waals surface area contributed by atoms with Gasteiger partial charge in [-0.2, -0.15) is 8.78 Å². The molecule has 10 heteroatoms. The van der Waals surface area contributed by atoms with E-state index >= 15 is 0 Å². The van der Waals surface area contributed by atoms with Crippen molar-refractivity contribution in [3.8, 4) is 0 Å². The molecule has 0 fully saturated rings. The van der Waals surface area contributed by atoms with E-state index < -0.39 is 49.5 Å². The second kappa shape index (κ2) is 6.57. The zero-order valence-corrected chi connectivity index (χ0v) is 13.2. The van der Waals surface area contributed by atoms with Crippen molar-refractivity contribution in [3.05, 3.63) is 29.1 Å². The van der Waals surface area contributed by atoms with Crippen LogP contribution in [0.4, 0.5) is 13.2 Å². The van der Waals surface area contributed by atoms with E-state index in [1.54, 1.807) is 0 Å². The molecule has 0 radical (unpaired) electrons. The third-order valence-corrected chi connectivity index (χ3v) is 3.88. The van der Waals surface area contributed by atoms with Crippen LogP contribution >= 0.6 is 0 Å². The van der Waals surface area contributed by atoms with Crippen LogP contribution in [0.3, 0.4) is 0 Å². The number of methoxy groups -OCH3 is 1. The van der Waals surface area contributed by atoms with Gasteiger partial charge in [0.05, 0.1) is 29.7 Å². The Morgan fingerprint density at radius 2 is 1.83 bits per heavy atom. The van der Waals surface area contributed by atoms with Crippen LogP contribution in [0.15, 0.2) is 17.0 Å². The molecule has 0 heterocycles. The zero-order valence-electron chi connectivity index (χ0n) is 12.4. The van der Waals surface area contributed by atoms with E-state index in [1.807, 2.05) is 0 Å². The molecule has 0 aromatic heterocycles. The number of halogens is 3. The van der Waals surface area contributed by atoms with Crippen LogP contribution in [0, 0.1) is 5.82 Å². The van der Waals surface area contributed by atoms with Crippen LogP contribution in [0.1, 0.15) is 22.8 Å². The molecular formula is C13H13F3O6S. The third-order valence-electron chi connectivity index (χ3n) is 2.74. The Bertz CT molecular complexity index is 742. The molecule has 0 N–H and O–H groups in total. The number of ether oxygens (including phenoxy) is 2. The summed E-state index contributed by atoms with van der Waals surface area (Å²) < 4.78 is 73.8. The summed E-state index contributed by atoms with van der Waals surface area (Å²) in [5, 5.41) is 0. The molecule has 0 aliphatic carbocycles. The Balaban J connectivity index is 3.73. The third kappa shape index (κ3) is 3.81. The highest BCUT2D eigenvalue weighted by molar-refractivity contribution is 7.90. The summed E-state index contributed by atoms with van der Waals surface area (Å²) in [4.78, 5) is 21.7. The van der Waals surface area contributed by atoms with Gasteiger partial charge in [-0.15, -0.1) is 0 Å². The molecular weight excluding hydrogens is 341 g/mol. The van der Waals surface area contributed by atoms with Crippen molar-refractivity contribution in [1.82, 2.24) is 0 Å². The minimum atomic E-state index is -4.40. The van der Waals surface area contributed by atoms with Crippen molar-refractivity contribution in [2.75, 3.05) is 20.0 Å². The monoisotopic (exact) mass is 354 g/mol. The van der Waals surface area contributed by atoms with Gasteiger partial charge in [0, 0.05) is 6.26 Å². The Labute approximate surface area is 130 Å². The molecule has 23 heavy (non-hydrogen) atoms. The predicted octanol–water partition coefficient (Wildman–Crippen LogP) is 1.67. The number of rotatable bonds is 5. The molecule has 0 spiro atoms. The summed E-state index contributed by atoms with van der Waals surface area (Å²) in [6, 6.07) is 0.512. The number of esters is 2. The molecule has 0 unspecified atom stereocenters. The molecule has 1 aromatic rings. The highest BCUT2D eigenvalue weighted by atomic mass is 32.2. The van der Waals surface area contributed by atoms with Crippen molar-refractivity contribution in [3.63, 3.8) is 0 Å². The molecule has 0 bridgehead atoms. The molecule has 0 atom stereocenters. The van der Waals surface area contributed by atoms with E-state index in [-0.39, 0.29) is 18.7 Å². The molecule has 0 amide bonds. The second-order valence-corrected chi connectivity index (χ2v) is 6.37. The molecule has 0 saturated carbocycles. The van der Waals surface area contributed by atoms with Gasteiger partial charge in [0.1, 0.15) is 5.82 Å². The van der Waals surface area contributed by atoms with Crippen LogP contribution in [-0.4, -0.2) is 40.3 Å². The topological polar surface area (TPSA) is 86.7 Å². The van der Waals surface area contributed by atoms with Crippen LogP contribution < -0.4 is 0 Å². The maximum atomic E-state index is 14.2. The first kappa shape index (κ1) is 18.9. The van der Waals surface area contributed by atoms with Gasteiger partial charge in [0.15, 0.2) is 9.84 Å². The number of carbonyl (C=O) groups excluding carboxylic acids is 2. The Morgan fingerprint density at radius 3 is 2.26 bits per heavy atom. The summed E-state index contributed by atoms with van der Waals surface area (Å²) in [5.41, 5.74) is -2.29. The first-order chi connectivity index (χ1) is 10.5. The lowest BCUT2D eigenvalue weighted by molar-refractivity contribution is -0.173. The van der Waals surface area contributed by atoms with Gasteiger partial charge in [-0.1, -0.05) is 0 Å². The number of benzene rings is 1. The minimum absolute atomic E-state index is 0.240. The van der Waals surface area contributed by atoms with Crippen molar-refractivity contribution >= 4 is 21.8 Å². The molecule has 6 nitrogen and oxygen atoms in total. The van der Waals surface area contributed by atoms with Gasteiger partial charge in [-0.3, -0.25) is 0 Å². The maximum absolute atomic E-state index is 14.2. The van der Waals surface area contributed by atoms with Gasteiger partial charge < -0.3 is 9.47 Å². The van der Waals surface area contributed by atoms with Crippen molar-refractivity contribution in [2.45, 2.75) is 17.7 Å². The lowest BCUT2D eigenvalue weighted by Crippen LogP contribution is -2.30. The fourth-order valence-electron chi connectivity index (χ4n) is 1.71. The fraction of sp³-hybridized carbons (Fsp3) is 0.385. The van der Waals surface area contributed by atoms with Crippen LogP contribution in [0.2, 0.25) is 0 Å². The molecule has 0 aliphatic rings. The van der Waals surface area contributed by atoms with E-state index in [0.717, 1.165) is 7.11 Å². The minimum Gasteiger partial charge on any atom is -0.465 e. The number of hydrogen-bond acceptors (Lipinski definition) is 6. The Hall–Kier alpha value is -2.10. The van der Waals surface area contributed by atoms with E-state index in [2.05, 4.69) is 9.47 Å². The van der Waals surface area contributed by atoms with E-state index in [4.69, 9.17) is 0 Å². The lowest BCUT2D eigenvalue weighted by Gasteiger charge is -2.18. The van der Waals surface area contributed by atoms with Gasteiger partial charge in [-0.05, 0) is 19.1 Å². The standard InChI is InChI=1S/C13H13F3O6S/c1-4-22-12(18)13(15,16)8-5-7(11(17)21-2)9(14)6-10(8)23(3,19)20/h5-6H,4H2,1-3H3. The highest BCUT2D eigenvalue weighted by Gasteiger charge is 2.46. The van der Waals surface area contributed by atoms with Crippen LogP contribution in [0.25, 0.3) is 0 Å². The van der Waals surface area contributed by atoms with Crippen molar-refractivity contribution in [1.29, 1.82) is 0 Å². The van der Waals surface area contributed by atoms with Gasteiger partial charge >= 0.3 is 17.9 Å². The summed E-state index contributed by atoms with van der Waals surface area (Å²) in [6.45, 7) is 0.893. The second-order valence-electron chi connectivity index (χ2n) is 4.39. The average molecular weight is 354 g/mol. The van der Waals surface area contributed by atoms with Crippen LogP contribution in [0.5, 0.6) is 0 Å². The van der Waals surface area contributed by atoms with Crippen molar-refractivity contribution < 1.29 is 40.7 Å². The quantitative estimate of drug-likeness (QED) is 0.748.